The second kappa shape index (κ2) is 15.4. The van der Waals surface area contributed by atoms with Crippen LogP contribution in [-0.4, -0.2) is 40.1 Å². The Labute approximate surface area is 241 Å². The van der Waals surface area contributed by atoms with E-state index in [0.29, 0.717) is 19.6 Å². The average molecular weight is 552 g/mol. The molecule has 0 aromatic heterocycles. The van der Waals surface area contributed by atoms with E-state index in [1.165, 1.54) is 11.1 Å². The van der Waals surface area contributed by atoms with Crippen molar-refractivity contribution in [2.45, 2.75) is 45.3 Å². The van der Waals surface area contributed by atoms with E-state index in [1.807, 2.05) is 48.5 Å². The summed E-state index contributed by atoms with van der Waals surface area (Å²) in [5.41, 5.74) is 5.92. The Kier molecular flexibility index (Phi) is 11.1. The molecule has 0 fully saturated rings. The zero-order valence-electron chi connectivity index (χ0n) is 23.2. The topological polar surface area (TPSA) is 87.1 Å². The number of carboxylic acids is 2. The molecule has 4 aromatic rings. The highest BCUT2D eigenvalue weighted by atomic mass is 16.5. The van der Waals surface area contributed by atoms with Crippen LogP contribution < -0.4 is 4.74 Å². The molecule has 0 saturated carbocycles. The van der Waals surface area contributed by atoms with Crippen LogP contribution in [0.4, 0.5) is 0 Å². The van der Waals surface area contributed by atoms with Gasteiger partial charge in [0.2, 0.25) is 0 Å². The number of unbranched alkanes of at least 4 members (excludes halogenated alkanes) is 2. The molecule has 0 bridgehead atoms. The first-order valence-electron chi connectivity index (χ1n) is 14.1. The first-order valence-corrected chi connectivity index (χ1v) is 14.1. The van der Waals surface area contributed by atoms with E-state index < -0.39 is 11.9 Å². The number of aliphatic carboxylic acids is 1. The van der Waals surface area contributed by atoms with Crippen LogP contribution in [0.5, 0.6) is 5.75 Å². The van der Waals surface area contributed by atoms with Crippen molar-refractivity contribution < 1.29 is 24.5 Å². The second-order valence-electron chi connectivity index (χ2n) is 10.2. The van der Waals surface area contributed by atoms with Gasteiger partial charge in [0.05, 0.1) is 5.56 Å². The van der Waals surface area contributed by atoms with Crippen LogP contribution in [0.1, 0.15) is 52.7 Å². The van der Waals surface area contributed by atoms with Gasteiger partial charge < -0.3 is 14.9 Å². The minimum atomic E-state index is -0.935. The number of ether oxygens (including phenoxy) is 1. The van der Waals surface area contributed by atoms with Crippen molar-refractivity contribution in [1.29, 1.82) is 0 Å². The number of para-hydroxylation sites is 1. The zero-order chi connectivity index (χ0) is 28.9. The molecule has 212 valence electrons. The molecule has 0 aliphatic carbocycles. The molecule has 4 aromatic carbocycles. The molecule has 6 nitrogen and oxygen atoms in total. The molecule has 0 spiro atoms. The molecule has 0 heterocycles. The second-order valence-corrected chi connectivity index (χ2v) is 10.2. The van der Waals surface area contributed by atoms with Crippen LogP contribution in [-0.2, 0) is 24.4 Å². The van der Waals surface area contributed by atoms with Crippen molar-refractivity contribution in [2.24, 2.45) is 0 Å². The summed E-state index contributed by atoms with van der Waals surface area (Å²) in [6.07, 6.45) is 3.41. The largest absolute Gasteiger partial charge is 0.489 e. The molecule has 4 rings (SSSR count). The van der Waals surface area contributed by atoms with E-state index in [0.717, 1.165) is 54.8 Å². The minimum Gasteiger partial charge on any atom is -0.489 e. The molecular weight excluding hydrogens is 514 g/mol. The van der Waals surface area contributed by atoms with Crippen LogP contribution in [0.15, 0.2) is 103 Å². The lowest BCUT2D eigenvalue weighted by atomic mass is 10.0. The Hall–Kier alpha value is -4.42. The predicted molar refractivity (Wildman–Crippen MR) is 161 cm³/mol. The van der Waals surface area contributed by atoms with Gasteiger partial charge in [-0.1, -0.05) is 91.3 Å². The van der Waals surface area contributed by atoms with Gasteiger partial charge >= 0.3 is 11.9 Å². The fraction of sp³-hybridized carbons (Fsp3) is 0.257. The third kappa shape index (κ3) is 9.62. The van der Waals surface area contributed by atoms with Crippen molar-refractivity contribution in [3.63, 3.8) is 0 Å². The molecule has 0 radical (unpaired) electrons. The SMILES string of the molecule is O=C(O)CCCCCN(CCc1ccccc1OCc1ccc(-c2ccccc2)cc1)Cc1ccc(C(=O)O)cc1. The number of carbonyl (C=O) groups is 2. The molecule has 0 saturated heterocycles. The zero-order valence-corrected chi connectivity index (χ0v) is 23.2. The summed E-state index contributed by atoms with van der Waals surface area (Å²) in [6, 6.07) is 33.9. The van der Waals surface area contributed by atoms with E-state index in [1.54, 1.807) is 12.1 Å². The summed E-state index contributed by atoms with van der Waals surface area (Å²) in [6.45, 7) is 2.80. The third-order valence-corrected chi connectivity index (χ3v) is 7.10. The smallest absolute Gasteiger partial charge is 0.335 e. The van der Waals surface area contributed by atoms with Gasteiger partial charge in [0.1, 0.15) is 12.4 Å². The van der Waals surface area contributed by atoms with Crippen molar-refractivity contribution in [2.75, 3.05) is 13.1 Å². The monoisotopic (exact) mass is 551 g/mol. The predicted octanol–water partition coefficient (Wildman–Crippen LogP) is 7.32. The fourth-order valence-electron chi connectivity index (χ4n) is 4.78. The summed E-state index contributed by atoms with van der Waals surface area (Å²) >= 11 is 0. The van der Waals surface area contributed by atoms with Crippen molar-refractivity contribution in [3.05, 3.63) is 125 Å². The molecule has 0 aliphatic rings. The summed E-state index contributed by atoms with van der Waals surface area (Å²) in [5, 5.41) is 18.1. The average Bonchev–Trinajstić information content (AvgIpc) is 2.99. The maximum atomic E-state index is 11.2. The van der Waals surface area contributed by atoms with Gasteiger partial charge in [-0.25, -0.2) is 4.79 Å². The van der Waals surface area contributed by atoms with Gasteiger partial charge in [0, 0.05) is 19.5 Å². The Morgan fingerprint density at radius 1 is 0.659 bits per heavy atom. The maximum Gasteiger partial charge on any atom is 0.335 e. The molecular formula is C35H37NO5. The first kappa shape index (κ1) is 29.6. The quantitative estimate of drug-likeness (QED) is 0.142. The number of benzene rings is 4. The third-order valence-electron chi connectivity index (χ3n) is 7.10. The van der Waals surface area contributed by atoms with E-state index >= 15 is 0 Å². The van der Waals surface area contributed by atoms with Gasteiger partial charge in [0.25, 0.3) is 0 Å². The number of hydrogen-bond donors (Lipinski definition) is 2. The summed E-state index contributed by atoms with van der Waals surface area (Å²) < 4.78 is 6.26. The normalized spacial score (nSPS) is 11.0. The van der Waals surface area contributed by atoms with Gasteiger partial charge in [-0.2, -0.15) is 0 Å². The van der Waals surface area contributed by atoms with Crippen LogP contribution in [0.3, 0.4) is 0 Å². The highest BCUT2D eigenvalue weighted by molar-refractivity contribution is 5.87. The lowest BCUT2D eigenvalue weighted by Gasteiger charge is -2.23. The summed E-state index contributed by atoms with van der Waals surface area (Å²) in [5.74, 6) is -0.827. The Balaban J connectivity index is 1.36. The number of nitrogens with zero attached hydrogens (tertiary/aromatic N) is 1. The van der Waals surface area contributed by atoms with Crippen LogP contribution in [0, 0.1) is 0 Å². The first-order chi connectivity index (χ1) is 20.0. The van der Waals surface area contributed by atoms with E-state index in [9.17, 15) is 14.7 Å². The summed E-state index contributed by atoms with van der Waals surface area (Å²) in [4.78, 5) is 24.4. The lowest BCUT2D eigenvalue weighted by molar-refractivity contribution is -0.137. The Morgan fingerprint density at radius 2 is 1.32 bits per heavy atom. The van der Waals surface area contributed by atoms with Crippen molar-refractivity contribution in [3.8, 4) is 16.9 Å². The van der Waals surface area contributed by atoms with Crippen LogP contribution in [0.2, 0.25) is 0 Å². The van der Waals surface area contributed by atoms with E-state index in [2.05, 4.69) is 47.4 Å². The molecule has 0 amide bonds. The van der Waals surface area contributed by atoms with Crippen LogP contribution in [0.25, 0.3) is 11.1 Å². The Bertz CT molecular complexity index is 1380. The highest BCUT2D eigenvalue weighted by Gasteiger charge is 2.11. The number of hydrogen-bond acceptors (Lipinski definition) is 4. The van der Waals surface area contributed by atoms with E-state index in [-0.39, 0.29) is 12.0 Å². The van der Waals surface area contributed by atoms with Crippen molar-refractivity contribution in [1.82, 2.24) is 4.90 Å². The standard InChI is InChI=1S/C35H37NO5/c37-34(38)13-5-2-8-23-36(25-27-14-20-32(21-15-27)35(39)40)24-22-31-11-6-7-12-33(31)41-26-28-16-18-30(19-17-28)29-9-3-1-4-10-29/h1,3-4,6-7,9-12,14-21H,2,5,8,13,22-26H2,(H,37,38)(H,39,40). The van der Waals surface area contributed by atoms with Gasteiger partial charge in [0.15, 0.2) is 0 Å². The Morgan fingerprint density at radius 3 is 2.02 bits per heavy atom. The minimum absolute atomic E-state index is 0.191. The van der Waals surface area contributed by atoms with Crippen molar-refractivity contribution >= 4 is 11.9 Å². The molecule has 0 unspecified atom stereocenters. The van der Waals surface area contributed by atoms with Crippen LogP contribution >= 0.6 is 0 Å². The van der Waals surface area contributed by atoms with Gasteiger partial charge in [-0.05, 0) is 71.8 Å². The molecule has 0 atom stereocenters. The molecule has 0 aliphatic heterocycles. The molecule has 41 heavy (non-hydrogen) atoms. The summed E-state index contributed by atoms with van der Waals surface area (Å²) in [7, 11) is 0. The molecule has 2 N–H and O–H groups in total. The highest BCUT2D eigenvalue weighted by Crippen LogP contribution is 2.23. The molecule has 6 heteroatoms. The number of carboxylic acid groups (broad SMARTS) is 2. The number of aromatic carboxylic acids is 1. The van der Waals surface area contributed by atoms with Gasteiger partial charge in [-0.3, -0.25) is 9.69 Å². The number of rotatable bonds is 16. The maximum absolute atomic E-state index is 11.2. The van der Waals surface area contributed by atoms with Gasteiger partial charge in [-0.15, -0.1) is 0 Å². The fourth-order valence-corrected chi connectivity index (χ4v) is 4.78. The lowest BCUT2D eigenvalue weighted by Crippen LogP contribution is -2.27. The van der Waals surface area contributed by atoms with E-state index in [4.69, 9.17) is 9.84 Å².